The number of aromatic amines is 1. The number of H-pyrrole nitrogens is 1. The molecule has 39 heavy (non-hydrogen) atoms. The molecule has 2 aromatic heterocycles. The quantitative estimate of drug-likeness (QED) is 0.306. The van der Waals surface area contributed by atoms with Gasteiger partial charge in [0, 0.05) is 23.7 Å². The number of rotatable bonds is 8. The van der Waals surface area contributed by atoms with Crippen LogP contribution < -0.4 is 5.76 Å². The van der Waals surface area contributed by atoms with Gasteiger partial charge in [0.05, 0.1) is 12.2 Å². The Labute approximate surface area is 226 Å². The van der Waals surface area contributed by atoms with Crippen molar-refractivity contribution in [3.8, 4) is 33.6 Å². The van der Waals surface area contributed by atoms with Crippen molar-refractivity contribution in [2.45, 2.75) is 64.0 Å². The minimum absolute atomic E-state index is 0.129. The lowest BCUT2D eigenvalue weighted by molar-refractivity contribution is -0.131. The molecular weight excluding hydrogens is 490 g/mol. The van der Waals surface area contributed by atoms with Gasteiger partial charge >= 0.3 is 5.76 Å². The molecule has 3 heterocycles. The van der Waals surface area contributed by atoms with Crippen LogP contribution in [-0.2, 0) is 11.3 Å². The van der Waals surface area contributed by atoms with Crippen molar-refractivity contribution in [3.05, 3.63) is 83.1 Å². The first kappa shape index (κ1) is 25.0. The molecule has 0 bridgehead atoms. The molecule has 1 saturated carbocycles. The first-order valence-electron chi connectivity index (χ1n) is 13.7. The smallest absolute Gasteiger partial charge is 0.296 e. The van der Waals surface area contributed by atoms with Gasteiger partial charge in [-0.05, 0) is 54.2 Å². The van der Waals surface area contributed by atoms with Crippen molar-refractivity contribution in [2.24, 2.45) is 4.99 Å². The van der Waals surface area contributed by atoms with Crippen molar-refractivity contribution in [3.63, 3.8) is 0 Å². The highest BCUT2D eigenvalue weighted by Gasteiger charge is 2.49. The lowest BCUT2D eigenvalue weighted by Gasteiger charge is -2.22. The third-order valence-corrected chi connectivity index (χ3v) is 7.76. The van der Waals surface area contributed by atoms with Crippen LogP contribution in [0.1, 0.15) is 57.6 Å². The average Bonchev–Trinajstić information content (AvgIpc) is 3.69. The number of hydrogen-bond acceptors (Lipinski definition) is 6. The standard InChI is InChI=1S/C31H31N5O3/c1-2-3-11-27-34-31(16-7-8-17-31)29(37)36(27)20-24-14-12-23(19-32-24)26-18-22(21-9-5-4-6-10-21)13-15-25(26)28-33-30(38)39-35-28/h4-6,9-10,12-15,18-19H,2-3,7-8,11,16-17,20H2,1H3,(H,33,35,38). The van der Waals surface area contributed by atoms with Crippen LogP contribution in [0.5, 0.6) is 0 Å². The molecule has 0 atom stereocenters. The van der Waals surface area contributed by atoms with Gasteiger partial charge in [0.15, 0.2) is 5.82 Å². The Hall–Kier alpha value is -4.33. The van der Waals surface area contributed by atoms with Gasteiger partial charge in [-0.3, -0.25) is 29.2 Å². The zero-order chi connectivity index (χ0) is 26.8. The Morgan fingerprint density at radius 3 is 2.44 bits per heavy atom. The number of benzene rings is 2. The van der Waals surface area contributed by atoms with Crippen LogP contribution in [-0.4, -0.2) is 37.3 Å². The van der Waals surface area contributed by atoms with Crippen molar-refractivity contribution in [1.29, 1.82) is 0 Å². The largest absolute Gasteiger partial charge is 0.439 e. The summed E-state index contributed by atoms with van der Waals surface area (Å²) < 4.78 is 4.78. The topological polar surface area (TPSA) is 104 Å². The highest BCUT2D eigenvalue weighted by molar-refractivity contribution is 6.08. The average molecular weight is 522 g/mol. The van der Waals surface area contributed by atoms with E-state index in [-0.39, 0.29) is 5.91 Å². The molecule has 0 unspecified atom stereocenters. The van der Waals surface area contributed by atoms with Gasteiger partial charge in [0.1, 0.15) is 11.4 Å². The predicted molar refractivity (Wildman–Crippen MR) is 150 cm³/mol. The molecule has 8 nitrogen and oxygen atoms in total. The van der Waals surface area contributed by atoms with Crippen LogP contribution >= 0.6 is 0 Å². The maximum atomic E-state index is 13.5. The maximum Gasteiger partial charge on any atom is 0.439 e. The molecule has 1 aliphatic carbocycles. The van der Waals surface area contributed by atoms with E-state index in [4.69, 9.17) is 14.5 Å². The van der Waals surface area contributed by atoms with Gasteiger partial charge in [-0.15, -0.1) is 0 Å². The fraction of sp³-hybridized carbons (Fsp3) is 0.323. The minimum atomic E-state index is -0.604. The van der Waals surface area contributed by atoms with Crippen molar-refractivity contribution < 1.29 is 9.32 Å². The molecule has 2 aromatic carbocycles. The van der Waals surface area contributed by atoms with E-state index in [0.29, 0.717) is 12.4 Å². The zero-order valence-electron chi connectivity index (χ0n) is 22.0. The number of aromatic nitrogens is 3. The first-order valence-corrected chi connectivity index (χ1v) is 13.7. The van der Waals surface area contributed by atoms with E-state index in [1.807, 2.05) is 53.6 Å². The first-order chi connectivity index (χ1) is 19.1. The Bertz CT molecular complexity index is 1560. The summed E-state index contributed by atoms with van der Waals surface area (Å²) in [5.74, 6) is 0.791. The van der Waals surface area contributed by atoms with E-state index >= 15 is 0 Å². The minimum Gasteiger partial charge on any atom is -0.296 e. The summed E-state index contributed by atoms with van der Waals surface area (Å²) in [6.45, 7) is 2.57. The normalized spacial score (nSPS) is 16.3. The molecule has 0 saturated heterocycles. The molecule has 1 N–H and O–H groups in total. The number of nitrogens with zero attached hydrogens (tertiary/aromatic N) is 4. The third kappa shape index (κ3) is 4.82. The molecule has 6 rings (SSSR count). The fourth-order valence-corrected chi connectivity index (χ4v) is 5.68. The number of aliphatic imine (C=N–C) groups is 1. The van der Waals surface area contributed by atoms with Crippen LogP contribution in [0.15, 0.2) is 81.2 Å². The Morgan fingerprint density at radius 2 is 1.74 bits per heavy atom. The van der Waals surface area contributed by atoms with Crippen LogP contribution in [0.3, 0.4) is 0 Å². The summed E-state index contributed by atoms with van der Waals surface area (Å²) in [6, 6.07) is 20.1. The Kier molecular flexibility index (Phi) is 6.69. The zero-order valence-corrected chi connectivity index (χ0v) is 22.0. The molecule has 198 valence electrons. The van der Waals surface area contributed by atoms with E-state index in [1.165, 1.54) is 0 Å². The number of nitrogens with one attached hydrogen (secondary N) is 1. The number of carbonyl (C=O) groups is 1. The van der Waals surface area contributed by atoms with Gasteiger partial charge in [-0.2, -0.15) is 0 Å². The summed E-state index contributed by atoms with van der Waals surface area (Å²) >= 11 is 0. The van der Waals surface area contributed by atoms with Crippen LogP contribution in [0, 0.1) is 0 Å². The van der Waals surface area contributed by atoms with E-state index in [2.05, 4.69) is 35.3 Å². The highest BCUT2D eigenvalue weighted by Crippen LogP contribution is 2.40. The number of hydrogen-bond donors (Lipinski definition) is 1. The Morgan fingerprint density at radius 1 is 0.949 bits per heavy atom. The van der Waals surface area contributed by atoms with Crippen LogP contribution in [0.2, 0.25) is 0 Å². The predicted octanol–water partition coefficient (Wildman–Crippen LogP) is 6.00. The van der Waals surface area contributed by atoms with Gasteiger partial charge in [-0.1, -0.05) is 73.8 Å². The second-order valence-electron chi connectivity index (χ2n) is 10.4. The second kappa shape index (κ2) is 10.4. The molecule has 0 radical (unpaired) electrons. The third-order valence-electron chi connectivity index (χ3n) is 7.76. The summed E-state index contributed by atoms with van der Waals surface area (Å²) in [6.07, 6.45) is 8.49. The van der Waals surface area contributed by atoms with Crippen LogP contribution in [0.4, 0.5) is 0 Å². The van der Waals surface area contributed by atoms with Crippen molar-refractivity contribution in [2.75, 3.05) is 0 Å². The van der Waals surface area contributed by atoms with E-state index in [0.717, 1.165) is 84.3 Å². The maximum absolute atomic E-state index is 13.5. The molecule has 8 heteroatoms. The SMILES string of the molecule is CCCCC1=NC2(CCCC2)C(=O)N1Cc1ccc(-c2cc(-c3ccccc3)ccc2-c2noc(=O)[nH]2)cn1. The summed E-state index contributed by atoms with van der Waals surface area (Å²) in [4.78, 5) is 39.5. The van der Waals surface area contributed by atoms with E-state index in [9.17, 15) is 9.59 Å². The lowest BCUT2D eigenvalue weighted by Crippen LogP contribution is -2.40. The summed E-state index contributed by atoms with van der Waals surface area (Å²) in [7, 11) is 0. The molecule has 4 aromatic rings. The number of unbranched alkanes of at least 4 members (excludes halogenated alkanes) is 1. The molecule has 1 aliphatic heterocycles. The highest BCUT2D eigenvalue weighted by atomic mass is 16.5. The summed E-state index contributed by atoms with van der Waals surface area (Å²) in [5.41, 5.74) is 4.84. The van der Waals surface area contributed by atoms with E-state index < -0.39 is 11.3 Å². The van der Waals surface area contributed by atoms with Gasteiger partial charge in [0.2, 0.25) is 0 Å². The van der Waals surface area contributed by atoms with Gasteiger partial charge in [0.25, 0.3) is 5.91 Å². The second-order valence-corrected chi connectivity index (χ2v) is 10.4. The molecule has 1 amide bonds. The van der Waals surface area contributed by atoms with Crippen LogP contribution in [0.25, 0.3) is 33.6 Å². The number of carbonyl (C=O) groups excluding carboxylic acids is 1. The number of pyridine rings is 1. The van der Waals surface area contributed by atoms with Gasteiger partial charge < -0.3 is 0 Å². The molecule has 1 fully saturated rings. The summed E-state index contributed by atoms with van der Waals surface area (Å²) in [5, 5.41) is 3.92. The molecule has 2 aliphatic rings. The fourth-order valence-electron chi connectivity index (χ4n) is 5.68. The Balaban J connectivity index is 1.32. The van der Waals surface area contributed by atoms with Crippen molar-refractivity contribution in [1.82, 2.24) is 20.0 Å². The van der Waals surface area contributed by atoms with Crippen molar-refractivity contribution >= 4 is 11.7 Å². The molecular formula is C31H31N5O3. The number of amides is 1. The van der Waals surface area contributed by atoms with Gasteiger partial charge in [-0.25, -0.2) is 4.79 Å². The lowest BCUT2D eigenvalue weighted by atomic mass is 9.95. The molecule has 1 spiro atoms. The monoisotopic (exact) mass is 521 g/mol. The number of amidine groups is 1. The van der Waals surface area contributed by atoms with E-state index in [1.54, 1.807) is 0 Å².